The van der Waals surface area contributed by atoms with Gasteiger partial charge in [0, 0.05) is 24.8 Å². The van der Waals surface area contributed by atoms with Crippen molar-refractivity contribution in [3.8, 4) is 0 Å². The molecule has 0 aliphatic carbocycles. The van der Waals surface area contributed by atoms with E-state index in [2.05, 4.69) is 19.2 Å². The number of rotatable bonds is 6. The fourth-order valence-corrected chi connectivity index (χ4v) is 1.76. The van der Waals surface area contributed by atoms with Gasteiger partial charge in [0.25, 0.3) is 5.91 Å². The van der Waals surface area contributed by atoms with E-state index in [4.69, 9.17) is 5.11 Å². The van der Waals surface area contributed by atoms with Gasteiger partial charge in [0.1, 0.15) is 6.54 Å². The fraction of sp³-hybridized carbons (Fsp3) is 0.429. The molecule has 0 radical (unpaired) electrons. The number of carboxylic acid groups (broad SMARTS) is 1. The molecule has 2 N–H and O–H groups in total. The largest absolute Gasteiger partial charge is 0.480 e. The Morgan fingerprint density at radius 3 is 2.32 bits per heavy atom. The van der Waals surface area contributed by atoms with E-state index in [0.29, 0.717) is 23.7 Å². The summed E-state index contributed by atoms with van der Waals surface area (Å²) in [6.07, 6.45) is 0. The van der Waals surface area contributed by atoms with Gasteiger partial charge in [-0.05, 0) is 30.2 Å². The van der Waals surface area contributed by atoms with Gasteiger partial charge in [-0.1, -0.05) is 13.8 Å². The van der Waals surface area contributed by atoms with Gasteiger partial charge in [-0.15, -0.1) is 0 Å². The number of aliphatic carboxylic acids is 1. The predicted octanol–water partition coefficient (Wildman–Crippen LogP) is 1.91. The first-order valence-corrected chi connectivity index (χ1v) is 6.21. The van der Waals surface area contributed by atoms with Crippen molar-refractivity contribution in [3.05, 3.63) is 29.8 Å². The van der Waals surface area contributed by atoms with Gasteiger partial charge in [0.05, 0.1) is 0 Å². The molecule has 1 amide bonds. The molecule has 0 heterocycles. The van der Waals surface area contributed by atoms with E-state index in [1.165, 1.54) is 0 Å². The number of hydrogen-bond acceptors (Lipinski definition) is 3. The number of hydrogen-bond donors (Lipinski definition) is 2. The summed E-state index contributed by atoms with van der Waals surface area (Å²) in [4.78, 5) is 24.2. The zero-order chi connectivity index (χ0) is 14.4. The molecule has 1 aromatic rings. The molecular weight excluding hydrogens is 244 g/mol. The summed E-state index contributed by atoms with van der Waals surface area (Å²) in [6.45, 7) is 4.68. The predicted molar refractivity (Wildman–Crippen MR) is 74.4 cm³/mol. The van der Waals surface area contributed by atoms with E-state index >= 15 is 0 Å². The lowest BCUT2D eigenvalue weighted by Crippen LogP contribution is -2.30. The number of anilines is 1. The van der Waals surface area contributed by atoms with Crippen LogP contribution in [0.2, 0.25) is 0 Å². The minimum Gasteiger partial charge on any atom is -0.480 e. The molecular formula is C14H20N2O3. The Hall–Kier alpha value is -2.04. The lowest BCUT2D eigenvalue weighted by atomic mass is 10.1. The number of nitrogens with one attached hydrogen (secondary N) is 1. The second-order valence-corrected chi connectivity index (χ2v) is 4.90. The second kappa shape index (κ2) is 6.78. The maximum Gasteiger partial charge on any atom is 0.322 e. The minimum absolute atomic E-state index is 0.0292. The van der Waals surface area contributed by atoms with Crippen molar-refractivity contribution >= 4 is 17.6 Å². The Kier molecular flexibility index (Phi) is 5.36. The van der Waals surface area contributed by atoms with Crippen LogP contribution in [0, 0.1) is 5.92 Å². The van der Waals surface area contributed by atoms with E-state index in [-0.39, 0.29) is 12.5 Å². The molecule has 0 aliphatic heterocycles. The van der Waals surface area contributed by atoms with Crippen molar-refractivity contribution in [3.63, 3.8) is 0 Å². The quantitative estimate of drug-likeness (QED) is 0.823. The molecule has 1 aromatic carbocycles. The Balaban J connectivity index is 2.65. The van der Waals surface area contributed by atoms with Crippen molar-refractivity contribution in [2.45, 2.75) is 13.8 Å². The van der Waals surface area contributed by atoms with Gasteiger partial charge >= 0.3 is 5.97 Å². The molecule has 0 atom stereocenters. The molecule has 0 saturated heterocycles. The van der Waals surface area contributed by atoms with Gasteiger partial charge < -0.3 is 15.3 Å². The topological polar surface area (TPSA) is 69.6 Å². The zero-order valence-electron chi connectivity index (χ0n) is 11.5. The van der Waals surface area contributed by atoms with Crippen LogP contribution >= 0.6 is 0 Å². The van der Waals surface area contributed by atoms with Crippen LogP contribution < -0.4 is 5.32 Å². The smallest absolute Gasteiger partial charge is 0.322 e. The van der Waals surface area contributed by atoms with Crippen LogP contribution in [-0.4, -0.2) is 42.0 Å². The van der Waals surface area contributed by atoms with Crippen LogP contribution in [0.5, 0.6) is 0 Å². The molecule has 5 nitrogen and oxygen atoms in total. The van der Waals surface area contributed by atoms with Crippen molar-refractivity contribution in [2.24, 2.45) is 5.92 Å². The maximum atomic E-state index is 12.1. The highest BCUT2D eigenvalue weighted by Crippen LogP contribution is 2.11. The first-order valence-electron chi connectivity index (χ1n) is 6.21. The third-order valence-electron chi connectivity index (χ3n) is 2.56. The SMILES string of the molecule is CC(C)CN(C)C(=O)c1ccc(NCC(=O)O)cc1. The molecule has 0 aliphatic rings. The van der Waals surface area contributed by atoms with E-state index in [0.717, 1.165) is 0 Å². The van der Waals surface area contributed by atoms with Crippen LogP contribution in [0.4, 0.5) is 5.69 Å². The summed E-state index contributed by atoms with van der Waals surface area (Å²) >= 11 is 0. The maximum absolute atomic E-state index is 12.1. The number of carbonyl (C=O) groups excluding carboxylic acids is 1. The summed E-state index contributed by atoms with van der Waals surface area (Å²) in [6, 6.07) is 6.81. The van der Waals surface area contributed by atoms with E-state index in [1.807, 2.05) is 0 Å². The first-order chi connectivity index (χ1) is 8.90. The van der Waals surface area contributed by atoms with Crippen molar-refractivity contribution in [1.82, 2.24) is 4.90 Å². The first kappa shape index (κ1) is 15.0. The normalized spacial score (nSPS) is 10.3. The van der Waals surface area contributed by atoms with Crippen LogP contribution in [0.1, 0.15) is 24.2 Å². The van der Waals surface area contributed by atoms with Crippen LogP contribution in [-0.2, 0) is 4.79 Å². The highest BCUT2D eigenvalue weighted by molar-refractivity contribution is 5.94. The van der Waals surface area contributed by atoms with Crippen LogP contribution in [0.15, 0.2) is 24.3 Å². The fourth-order valence-electron chi connectivity index (χ4n) is 1.76. The summed E-state index contributed by atoms with van der Waals surface area (Å²) in [5, 5.41) is 11.3. The third-order valence-corrected chi connectivity index (χ3v) is 2.56. The molecule has 19 heavy (non-hydrogen) atoms. The molecule has 0 bridgehead atoms. The lowest BCUT2D eigenvalue weighted by Gasteiger charge is -2.19. The standard InChI is InChI=1S/C14H20N2O3/c1-10(2)9-16(3)14(19)11-4-6-12(7-5-11)15-8-13(17)18/h4-7,10,15H,8-9H2,1-3H3,(H,17,18). The average Bonchev–Trinajstić information content (AvgIpc) is 2.35. The van der Waals surface area contributed by atoms with Gasteiger partial charge in [0.15, 0.2) is 0 Å². The van der Waals surface area contributed by atoms with Crippen molar-refractivity contribution in [2.75, 3.05) is 25.5 Å². The summed E-state index contributed by atoms with van der Waals surface area (Å²) in [5.41, 5.74) is 1.29. The molecule has 0 aromatic heterocycles. The zero-order valence-corrected chi connectivity index (χ0v) is 11.5. The van der Waals surface area contributed by atoms with Crippen molar-refractivity contribution in [1.29, 1.82) is 0 Å². The lowest BCUT2D eigenvalue weighted by molar-refractivity contribution is -0.134. The summed E-state index contributed by atoms with van der Waals surface area (Å²) in [7, 11) is 1.78. The highest BCUT2D eigenvalue weighted by Gasteiger charge is 2.12. The summed E-state index contributed by atoms with van der Waals surface area (Å²) in [5.74, 6) is -0.527. The molecule has 0 spiro atoms. The van der Waals surface area contributed by atoms with Gasteiger partial charge in [0.2, 0.25) is 0 Å². The minimum atomic E-state index is -0.920. The van der Waals surface area contributed by atoms with Crippen LogP contribution in [0.3, 0.4) is 0 Å². The molecule has 1 rings (SSSR count). The van der Waals surface area contributed by atoms with E-state index < -0.39 is 5.97 Å². The van der Waals surface area contributed by atoms with E-state index in [1.54, 1.807) is 36.2 Å². The number of benzene rings is 1. The number of carboxylic acids is 1. The second-order valence-electron chi connectivity index (χ2n) is 4.90. The Labute approximate surface area is 113 Å². The number of amides is 1. The Morgan fingerprint density at radius 2 is 1.84 bits per heavy atom. The third kappa shape index (κ3) is 4.99. The van der Waals surface area contributed by atoms with Gasteiger partial charge in [-0.25, -0.2) is 0 Å². The number of nitrogens with zero attached hydrogens (tertiary/aromatic N) is 1. The number of carbonyl (C=O) groups is 2. The molecule has 0 fully saturated rings. The average molecular weight is 264 g/mol. The Bertz CT molecular complexity index is 441. The molecule has 5 heteroatoms. The summed E-state index contributed by atoms with van der Waals surface area (Å²) < 4.78 is 0. The Morgan fingerprint density at radius 1 is 1.26 bits per heavy atom. The van der Waals surface area contributed by atoms with Gasteiger partial charge in [-0.3, -0.25) is 9.59 Å². The molecule has 104 valence electrons. The molecule has 0 unspecified atom stereocenters. The van der Waals surface area contributed by atoms with Crippen molar-refractivity contribution < 1.29 is 14.7 Å². The van der Waals surface area contributed by atoms with Gasteiger partial charge in [-0.2, -0.15) is 0 Å². The monoisotopic (exact) mass is 264 g/mol. The van der Waals surface area contributed by atoms with Crippen LogP contribution in [0.25, 0.3) is 0 Å². The molecule has 0 saturated carbocycles. The van der Waals surface area contributed by atoms with E-state index in [9.17, 15) is 9.59 Å². The highest BCUT2D eigenvalue weighted by atomic mass is 16.4.